The largest absolute Gasteiger partial charge is 0.417 e. The fourth-order valence-electron chi connectivity index (χ4n) is 1.76. The molecule has 1 aromatic heterocycles. The molecule has 2 heterocycles. The van der Waals surface area contributed by atoms with Crippen molar-refractivity contribution in [1.29, 1.82) is 0 Å². The van der Waals surface area contributed by atoms with E-state index >= 15 is 0 Å². The van der Waals surface area contributed by atoms with Gasteiger partial charge in [-0.15, -0.1) is 0 Å². The van der Waals surface area contributed by atoms with Crippen LogP contribution < -0.4 is 0 Å². The van der Waals surface area contributed by atoms with Gasteiger partial charge in [-0.25, -0.2) is 0 Å². The Morgan fingerprint density at radius 3 is 2.53 bits per heavy atom. The number of aromatic nitrogens is 1. The molecule has 0 aromatic carbocycles. The van der Waals surface area contributed by atoms with Gasteiger partial charge in [-0.1, -0.05) is 6.92 Å². The highest BCUT2D eigenvalue weighted by atomic mass is 19.4. The Balaban J connectivity index is 2.19. The SMILES string of the molecule is CC1CCC(c2ccc(C(F)(F)F)cn2)=NC1. The third kappa shape index (κ3) is 2.84. The first-order valence-corrected chi connectivity index (χ1v) is 5.54. The van der Waals surface area contributed by atoms with Gasteiger partial charge in [-0.05, 0) is 30.9 Å². The van der Waals surface area contributed by atoms with Gasteiger partial charge in [0.15, 0.2) is 0 Å². The van der Waals surface area contributed by atoms with Gasteiger partial charge in [0, 0.05) is 12.7 Å². The van der Waals surface area contributed by atoms with E-state index in [-0.39, 0.29) is 0 Å². The van der Waals surface area contributed by atoms with E-state index < -0.39 is 11.7 Å². The van der Waals surface area contributed by atoms with Crippen molar-refractivity contribution < 1.29 is 13.2 Å². The molecule has 0 saturated heterocycles. The van der Waals surface area contributed by atoms with Gasteiger partial charge in [0.2, 0.25) is 0 Å². The van der Waals surface area contributed by atoms with Crippen LogP contribution in [-0.2, 0) is 6.18 Å². The lowest BCUT2D eigenvalue weighted by molar-refractivity contribution is -0.137. The van der Waals surface area contributed by atoms with Gasteiger partial charge < -0.3 is 0 Å². The maximum Gasteiger partial charge on any atom is 0.417 e. The Kier molecular flexibility index (Phi) is 3.17. The zero-order chi connectivity index (χ0) is 12.5. The molecule has 92 valence electrons. The van der Waals surface area contributed by atoms with Crippen molar-refractivity contribution in [2.45, 2.75) is 25.9 Å². The summed E-state index contributed by atoms with van der Waals surface area (Å²) >= 11 is 0. The Labute approximate surface area is 97.6 Å². The third-order valence-corrected chi connectivity index (χ3v) is 2.85. The fraction of sp³-hybridized carbons (Fsp3) is 0.500. The molecule has 2 nitrogen and oxygen atoms in total. The molecule has 1 atom stereocenters. The monoisotopic (exact) mass is 242 g/mol. The second-order valence-electron chi connectivity index (χ2n) is 4.36. The molecule has 17 heavy (non-hydrogen) atoms. The van der Waals surface area contributed by atoms with Crippen molar-refractivity contribution in [2.75, 3.05) is 6.54 Å². The maximum atomic E-state index is 12.3. The summed E-state index contributed by atoms with van der Waals surface area (Å²) in [6, 6.07) is 2.46. The Morgan fingerprint density at radius 2 is 2.06 bits per heavy atom. The minimum absolute atomic E-state index is 0.549. The third-order valence-electron chi connectivity index (χ3n) is 2.85. The molecular weight excluding hydrogens is 229 g/mol. The molecule has 1 aromatic rings. The molecule has 0 aliphatic carbocycles. The standard InChI is InChI=1S/C12H13F3N2/c1-8-2-4-10(16-6-8)11-5-3-9(7-17-11)12(13,14)15/h3,5,7-8H,2,4,6H2,1H3. The first-order valence-electron chi connectivity index (χ1n) is 5.54. The highest BCUT2D eigenvalue weighted by molar-refractivity contribution is 5.99. The zero-order valence-corrected chi connectivity index (χ0v) is 9.46. The second kappa shape index (κ2) is 4.47. The van der Waals surface area contributed by atoms with Gasteiger partial charge in [0.25, 0.3) is 0 Å². The first kappa shape index (κ1) is 12.1. The average molecular weight is 242 g/mol. The predicted molar refractivity (Wildman–Crippen MR) is 59.0 cm³/mol. The van der Waals surface area contributed by atoms with Crippen LogP contribution in [0.25, 0.3) is 0 Å². The molecule has 0 bridgehead atoms. The lowest BCUT2D eigenvalue weighted by Gasteiger charge is -2.17. The number of hydrogen-bond donors (Lipinski definition) is 0. The van der Waals surface area contributed by atoms with Gasteiger partial charge in [0.05, 0.1) is 17.0 Å². The van der Waals surface area contributed by atoms with Crippen LogP contribution >= 0.6 is 0 Å². The highest BCUT2D eigenvalue weighted by Crippen LogP contribution is 2.28. The number of rotatable bonds is 1. The Hall–Kier alpha value is -1.39. The summed E-state index contributed by atoms with van der Waals surface area (Å²) in [7, 11) is 0. The van der Waals surface area contributed by atoms with Gasteiger partial charge in [-0.2, -0.15) is 13.2 Å². The van der Waals surface area contributed by atoms with Crippen LogP contribution in [0, 0.1) is 5.92 Å². The second-order valence-corrected chi connectivity index (χ2v) is 4.36. The van der Waals surface area contributed by atoms with Crippen molar-refractivity contribution in [3.05, 3.63) is 29.6 Å². The van der Waals surface area contributed by atoms with Crippen molar-refractivity contribution >= 4 is 5.71 Å². The quantitative estimate of drug-likeness (QED) is 0.741. The van der Waals surface area contributed by atoms with Crippen LogP contribution in [-0.4, -0.2) is 17.2 Å². The minimum atomic E-state index is -4.32. The number of aliphatic imine (C=N–C) groups is 1. The lowest BCUT2D eigenvalue weighted by atomic mass is 9.98. The van der Waals surface area contributed by atoms with Gasteiger partial charge in [0.1, 0.15) is 0 Å². The van der Waals surface area contributed by atoms with Crippen molar-refractivity contribution in [2.24, 2.45) is 10.9 Å². The van der Waals surface area contributed by atoms with Crippen LogP contribution in [0.2, 0.25) is 0 Å². The Morgan fingerprint density at radius 1 is 1.29 bits per heavy atom. The van der Waals surface area contributed by atoms with Crippen LogP contribution in [0.3, 0.4) is 0 Å². The van der Waals surface area contributed by atoms with Crippen molar-refractivity contribution in [3.8, 4) is 0 Å². The molecule has 2 rings (SSSR count). The number of hydrogen-bond acceptors (Lipinski definition) is 2. The zero-order valence-electron chi connectivity index (χ0n) is 9.46. The van der Waals surface area contributed by atoms with Crippen LogP contribution in [0.5, 0.6) is 0 Å². The van der Waals surface area contributed by atoms with Gasteiger partial charge >= 0.3 is 6.18 Å². The summed E-state index contributed by atoms with van der Waals surface area (Å²) in [4.78, 5) is 8.19. The fourth-order valence-corrected chi connectivity index (χ4v) is 1.76. The van der Waals surface area contributed by atoms with Crippen LogP contribution in [0.1, 0.15) is 31.0 Å². The molecule has 0 N–H and O–H groups in total. The van der Waals surface area contributed by atoms with E-state index in [1.165, 1.54) is 6.07 Å². The van der Waals surface area contributed by atoms with E-state index in [4.69, 9.17) is 0 Å². The van der Waals surface area contributed by atoms with Crippen LogP contribution in [0.4, 0.5) is 13.2 Å². The summed E-state index contributed by atoms with van der Waals surface area (Å²) in [5.74, 6) is 0.549. The topological polar surface area (TPSA) is 25.2 Å². The molecule has 1 unspecified atom stereocenters. The predicted octanol–water partition coefficient (Wildman–Crippen LogP) is 3.32. The minimum Gasteiger partial charge on any atom is -0.287 e. The smallest absolute Gasteiger partial charge is 0.287 e. The van der Waals surface area contributed by atoms with E-state index in [2.05, 4.69) is 16.9 Å². The molecule has 1 aliphatic heterocycles. The molecule has 0 saturated carbocycles. The maximum absolute atomic E-state index is 12.3. The summed E-state index contributed by atoms with van der Waals surface area (Å²) in [6.45, 7) is 2.85. The average Bonchev–Trinajstić information content (AvgIpc) is 2.29. The molecular formula is C12H13F3N2. The summed E-state index contributed by atoms with van der Waals surface area (Å²) < 4.78 is 37.0. The van der Waals surface area contributed by atoms with E-state index in [0.717, 1.165) is 37.4 Å². The Bertz CT molecular complexity index is 420. The van der Waals surface area contributed by atoms with E-state index in [9.17, 15) is 13.2 Å². The molecule has 0 radical (unpaired) electrons. The van der Waals surface area contributed by atoms with Gasteiger partial charge in [-0.3, -0.25) is 9.98 Å². The van der Waals surface area contributed by atoms with Crippen molar-refractivity contribution in [1.82, 2.24) is 4.98 Å². The normalized spacial score (nSPS) is 21.2. The summed E-state index contributed by atoms with van der Waals surface area (Å²) in [5, 5.41) is 0. The van der Waals surface area contributed by atoms with Crippen molar-refractivity contribution in [3.63, 3.8) is 0 Å². The van der Waals surface area contributed by atoms with E-state index in [1.54, 1.807) is 0 Å². The van der Waals surface area contributed by atoms with E-state index in [1.807, 2.05) is 0 Å². The molecule has 0 fully saturated rings. The molecule has 1 aliphatic rings. The number of alkyl halides is 3. The number of nitrogens with zero attached hydrogens (tertiary/aromatic N) is 2. The highest BCUT2D eigenvalue weighted by Gasteiger charge is 2.30. The number of pyridine rings is 1. The molecule has 0 amide bonds. The molecule has 5 heteroatoms. The number of halogens is 3. The summed E-state index contributed by atoms with van der Waals surface area (Å²) in [5.41, 5.74) is 0.660. The lowest BCUT2D eigenvalue weighted by Crippen LogP contribution is -2.16. The molecule has 0 spiro atoms. The summed E-state index contributed by atoms with van der Waals surface area (Å²) in [6.07, 6.45) is -1.65. The van der Waals surface area contributed by atoms with E-state index in [0.29, 0.717) is 11.6 Å². The van der Waals surface area contributed by atoms with Crippen LogP contribution in [0.15, 0.2) is 23.3 Å². The first-order chi connectivity index (χ1) is 7.97.